The van der Waals surface area contributed by atoms with Gasteiger partial charge in [-0.05, 0) is 41.2 Å². The molecule has 8 heteroatoms. The summed E-state index contributed by atoms with van der Waals surface area (Å²) >= 11 is 12.2. The lowest BCUT2D eigenvalue weighted by Gasteiger charge is -2.37. The molecule has 5 nitrogen and oxygen atoms in total. The Kier molecular flexibility index (Phi) is 5.31. The Bertz CT molecular complexity index is 1080. The first kappa shape index (κ1) is 22.1. The highest BCUT2D eigenvalue weighted by Crippen LogP contribution is 2.57. The van der Waals surface area contributed by atoms with Gasteiger partial charge in [0.2, 0.25) is 5.91 Å². The molecule has 2 aliphatic rings. The summed E-state index contributed by atoms with van der Waals surface area (Å²) in [7, 11) is 0. The Morgan fingerprint density at radius 2 is 1.94 bits per heavy atom. The van der Waals surface area contributed by atoms with E-state index in [-0.39, 0.29) is 21.9 Å². The van der Waals surface area contributed by atoms with Gasteiger partial charge in [-0.15, -0.1) is 0 Å². The molecule has 164 valence electrons. The van der Waals surface area contributed by atoms with Crippen LogP contribution >= 0.6 is 23.2 Å². The molecule has 4 rings (SSSR count). The molecule has 1 spiro atoms. The van der Waals surface area contributed by atoms with Gasteiger partial charge in [-0.25, -0.2) is 4.39 Å². The van der Waals surface area contributed by atoms with E-state index in [0.29, 0.717) is 22.7 Å². The number of hydrogen-bond acceptors (Lipinski definition) is 3. The summed E-state index contributed by atoms with van der Waals surface area (Å²) in [5.74, 6) is -3.26. The molecule has 2 heterocycles. The van der Waals surface area contributed by atoms with E-state index in [9.17, 15) is 14.7 Å². The Balaban J connectivity index is 2.04. The first-order valence-corrected chi connectivity index (χ1v) is 10.8. The topological polar surface area (TPSA) is 78.4 Å². The number of aliphatic carboxylic acids is 1. The first-order valence-electron chi connectivity index (χ1n) is 10.0. The smallest absolute Gasteiger partial charge is 0.321 e. The zero-order valence-corrected chi connectivity index (χ0v) is 18.8. The van der Waals surface area contributed by atoms with Crippen molar-refractivity contribution in [3.05, 3.63) is 63.4 Å². The quantitative estimate of drug-likeness (QED) is 0.599. The van der Waals surface area contributed by atoms with Crippen molar-refractivity contribution in [2.45, 2.75) is 50.6 Å². The number of rotatable bonds is 3. The van der Waals surface area contributed by atoms with Crippen molar-refractivity contribution in [1.29, 1.82) is 0 Å². The van der Waals surface area contributed by atoms with Crippen LogP contribution in [0, 0.1) is 11.2 Å². The van der Waals surface area contributed by atoms with E-state index in [0.717, 1.165) is 0 Å². The SMILES string of the molecule is CC(C)(C)C[C@@H]1N[C@H](C(=O)O)[C@H](c2cccc(Cl)c2F)[C@]12C(=O)Nc1cc(Cl)ccc12. The van der Waals surface area contributed by atoms with Crippen molar-refractivity contribution >= 4 is 40.8 Å². The molecular formula is C23H23Cl2FN2O3. The number of anilines is 1. The molecule has 3 N–H and O–H groups in total. The lowest BCUT2D eigenvalue weighted by Crippen LogP contribution is -2.49. The van der Waals surface area contributed by atoms with Gasteiger partial charge in [0.1, 0.15) is 17.3 Å². The van der Waals surface area contributed by atoms with Crippen LogP contribution in [0.25, 0.3) is 0 Å². The van der Waals surface area contributed by atoms with Gasteiger partial charge in [-0.1, -0.05) is 62.2 Å². The Labute approximate surface area is 189 Å². The number of hydrogen-bond donors (Lipinski definition) is 3. The monoisotopic (exact) mass is 464 g/mol. The zero-order valence-electron chi connectivity index (χ0n) is 17.3. The molecule has 1 saturated heterocycles. The van der Waals surface area contributed by atoms with Crippen LogP contribution in [0.2, 0.25) is 10.0 Å². The van der Waals surface area contributed by atoms with Crippen LogP contribution in [0.15, 0.2) is 36.4 Å². The van der Waals surface area contributed by atoms with Crippen molar-refractivity contribution < 1.29 is 19.1 Å². The second kappa shape index (κ2) is 7.47. The molecule has 0 saturated carbocycles. The molecule has 2 aromatic rings. The maximum Gasteiger partial charge on any atom is 0.321 e. The van der Waals surface area contributed by atoms with Crippen molar-refractivity contribution in [3.8, 4) is 0 Å². The Morgan fingerprint density at radius 1 is 1.23 bits per heavy atom. The predicted octanol–water partition coefficient (Wildman–Crippen LogP) is 4.97. The number of carboxylic acid groups (broad SMARTS) is 1. The third-order valence-corrected chi connectivity index (χ3v) is 6.73. The van der Waals surface area contributed by atoms with E-state index in [4.69, 9.17) is 23.2 Å². The lowest BCUT2D eigenvalue weighted by atomic mass is 9.62. The third kappa shape index (κ3) is 3.41. The fourth-order valence-corrected chi connectivity index (χ4v) is 5.49. The maximum atomic E-state index is 15.3. The Hall–Kier alpha value is -2.15. The van der Waals surface area contributed by atoms with Gasteiger partial charge >= 0.3 is 5.97 Å². The van der Waals surface area contributed by atoms with E-state index >= 15 is 4.39 Å². The fourth-order valence-electron chi connectivity index (χ4n) is 5.14. The Morgan fingerprint density at radius 3 is 2.58 bits per heavy atom. The van der Waals surface area contributed by atoms with Crippen LogP contribution in [0.5, 0.6) is 0 Å². The minimum atomic E-state index is -1.35. The standard InChI is InChI=1S/C23H23Cl2FN2O3/c1-22(2,3)10-16-23(13-8-7-11(24)9-15(13)27-21(23)31)17(19(28-16)20(29)30)12-5-4-6-14(25)18(12)26/h4-9,16-17,19,28H,10H2,1-3H3,(H,27,31)(H,29,30)/t16-,17-,19-,23+/m0/s1. The molecule has 0 bridgehead atoms. The van der Waals surface area contributed by atoms with Crippen molar-refractivity contribution in [1.82, 2.24) is 5.32 Å². The molecule has 0 unspecified atom stereocenters. The van der Waals surface area contributed by atoms with Gasteiger partial charge in [0.15, 0.2) is 0 Å². The highest BCUT2D eigenvalue weighted by atomic mass is 35.5. The van der Waals surface area contributed by atoms with Crippen molar-refractivity contribution in [2.24, 2.45) is 5.41 Å². The number of halogens is 3. The average molecular weight is 465 g/mol. The minimum absolute atomic E-state index is 0.0989. The van der Waals surface area contributed by atoms with Crippen molar-refractivity contribution in [3.63, 3.8) is 0 Å². The van der Waals surface area contributed by atoms with Gasteiger partial charge < -0.3 is 10.4 Å². The summed E-state index contributed by atoms with van der Waals surface area (Å²) in [5, 5.41) is 16.4. The second-order valence-electron chi connectivity index (χ2n) is 9.43. The van der Waals surface area contributed by atoms with Gasteiger partial charge in [-0.2, -0.15) is 0 Å². The minimum Gasteiger partial charge on any atom is -0.480 e. The summed E-state index contributed by atoms with van der Waals surface area (Å²) in [4.78, 5) is 26.0. The molecular weight excluding hydrogens is 442 g/mol. The number of carbonyl (C=O) groups excluding carboxylic acids is 1. The third-order valence-electron chi connectivity index (χ3n) is 6.20. The summed E-state index contributed by atoms with van der Waals surface area (Å²) in [5.41, 5.74) is -0.359. The number of fused-ring (bicyclic) bond motifs is 2. The fraction of sp³-hybridized carbons (Fsp3) is 0.391. The summed E-state index contributed by atoms with van der Waals surface area (Å²) in [6, 6.07) is 7.76. The summed E-state index contributed by atoms with van der Waals surface area (Å²) in [6.07, 6.45) is 0.491. The van der Waals surface area contributed by atoms with Crippen LogP contribution in [0.3, 0.4) is 0 Å². The molecule has 0 aliphatic carbocycles. The van der Waals surface area contributed by atoms with E-state index in [1.54, 1.807) is 24.3 Å². The van der Waals surface area contributed by atoms with Gasteiger partial charge in [0, 0.05) is 22.7 Å². The molecule has 1 amide bonds. The van der Waals surface area contributed by atoms with E-state index < -0.39 is 35.2 Å². The number of carboxylic acids is 1. The number of carbonyl (C=O) groups is 2. The molecule has 0 aromatic heterocycles. The number of amides is 1. The average Bonchev–Trinajstić information content (AvgIpc) is 3.12. The molecule has 4 atom stereocenters. The normalized spacial score (nSPS) is 27.4. The van der Waals surface area contributed by atoms with E-state index in [1.807, 2.05) is 20.8 Å². The second-order valence-corrected chi connectivity index (χ2v) is 10.3. The van der Waals surface area contributed by atoms with Crippen LogP contribution in [-0.4, -0.2) is 29.1 Å². The molecule has 31 heavy (non-hydrogen) atoms. The van der Waals surface area contributed by atoms with Gasteiger partial charge in [-0.3, -0.25) is 14.9 Å². The highest BCUT2D eigenvalue weighted by molar-refractivity contribution is 6.31. The van der Waals surface area contributed by atoms with Crippen LogP contribution in [0.4, 0.5) is 10.1 Å². The predicted molar refractivity (Wildman–Crippen MR) is 118 cm³/mol. The lowest BCUT2D eigenvalue weighted by molar-refractivity contribution is -0.139. The van der Waals surface area contributed by atoms with E-state index in [2.05, 4.69) is 10.6 Å². The summed E-state index contributed by atoms with van der Waals surface area (Å²) in [6.45, 7) is 6.04. The molecule has 2 aliphatic heterocycles. The number of benzene rings is 2. The summed E-state index contributed by atoms with van der Waals surface area (Å²) < 4.78 is 15.3. The van der Waals surface area contributed by atoms with Gasteiger partial charge in [0.05, 0.1) is 5.02 Å². The highest BCUT2D eigenvalue weighted by Gasteiger charge is 2.66. The molecule has 2 aromatic carbocycles. The zero-order chi connectivity index (χ0) is 22.7. The largest absolute Gasteiger partial charge is 0.480 e. The number of nitrogens with one attached hydrogen (secondary N) is 2. The first-order chi connectivity index (χ1) is 14.5. The molecule has 1 fully saturated rings. The maximum absolute atomic E-state index is 15.3. The van der Waals surface area contributed by atoms with Crippen LogP contribution < -0.4 is 10.6 Å². The van der Waals surface area contributed by atoms with Crippen LogP contribution in [-0.2, 0) is 15.0 Å². The van der Waals surface area contributed by atoms with E-state index in [1.165, 1.54) is 12.1 Å². The molecule has 0 radical (unpaired) electrons. The van der Waals surface area contributed by atoms with Crippen molar-refractivity contribution in [2.75, 3.05) is 5.32 Å². The van der Waals surface area contributed by atoms with Gasteiger partial charge in [0.25, 0.3) is 0 Å². The van der Waals surface area contributed by atoms with Crippen LogP contribution in [0.1, 0.15) is 44.2 Å².